The van der Waals surface area contributed by atoms with Gasteiger partial charge < -0.3 is 14.1 Å². The summed E-state index contributed by atoms with van der Waals surface area (Å²) in [7, 11) is 0. The highest BCUT2D eigenvalue weighted by molar-refractivity contribution is 5.93. The Balaban J connectivity index is 1.58. The lowest BCUT2D eigenvalue weighted by Gasteiger charge is -2.38. The van der Waals surface area contributed by atoms with Crippen LogP contribution in [0.25, 0.3) is 0 Å². The highest BCUT2D eigenvalue weighted by Gasteiger charge is 2.45. The molecule has 1 unspecified atom stereocenters. The number of nitrogens with zero attached hydrogens (tertiary/aromatic N) is 1. The third-order valence-electron chi connectivity index (χ3n) is 4.24. The van der Waals surface area contributed by atoms with Crippen LogP contribution in [0.4, 0.5) is 8.78 Å². The van der Waals surface area contributed by atoms with Crippen molar-refractivity contribution < 1.29 is 22.7 Å². The van der Waals surface area contributed by atoms with Crippen molar-refractivity contribution >= 4 is 5.91 Å². The molecule has 2 aromatic rings. The van der Waals surface area contributed by atoms with E-state index in [1.54, 1.807) is 0 Å². The molecule has 1 aromatic heterocycles. The van der Waals surface area contributed by atoms with Crippen LogP contribution in [0.1, 0.15) is 22.3 Å². The van der Waals surface area contributed by atoms with Gasteiger partial charge in [-0.2, -0.15) is 0 Å². The van der Waals surface area contributed by atoms with Crippen molar-refractivity contribution in [3.63, 3.8) is 0 Å². The quantitative estimate of drug-likeness (QED) is 0.838. The molecule has 24 heavy (non-hydrogen) atoms. The Kier molecular flexibility index (Phi) is 4.94. The van der Waals surface area contributed by atoms with Crippen molar-refractivity contribution in [2.24, 2.45) is 5.92 Å². The third-order valence-corrected chi connectivity index (χ3v) is 4.24. The maximum atomic E-state index is 14.1. The predicted molar refractivity (Wildman–Crippen MR) is 83.8 cm³/mol. The average molecular weight is 335 g/mol. The number of halogens is 2. The summed E-state index contributed by atoms with van der Waals surface area (Å²) in [6, 6.07) is 10.9. The van der Waals surface area contributed by atoms with Crippen LogP contribution in [0.15, 0.2) is 53.3 Å². The number of hydrogen-bond donors (Lipinski definition) is 0. The number of rotatable bonds is 5. The number of benzene rings is 1. The van der Waals surface area contributed by atoms with Gasteiger partial charge in [-0.25, -0.2) is 8.78 Å². The normalized spacial score (nSPS) is 20.1. The lowest BCUT2D eigenvalue weighted by molar-refractivity contribution is -0.124. The van der Waals surface area contributed by atoms with E-state index in [9.17, 15) is 13.6 Å². The SMILES string of the molecule is O=C(c1ccoc1)N1CCC(F)(F)C(COCc2ccccc2)C1. The van der Waals surface area contributed by atoms with Crippen LogP contribution >= 0.6 is 0 Å². The number of carbonyl (C=O) groups excluding carboxylic acids is 1. The topological polar surface area (TPSA) is 42.7 Å². The van der Waals surface area contributed by atoms with Crippen molar-refractivity contribution in [1.29, 1.82) is 0 Å². The molecule has 1 aliphatic rings. The Hall–Kier alpha value is -2.21. The fourth-order valence-corrected chi connectivity index (χ4v) is 2.80. The zero-order chi connectivity index (χ0) is 17.0. The van der Waals surface area contributed by atoms with Gasteiger partial charge in [-0.05, 0) is 11.6 Å². The molecule has 0 saturated carbocycles. The van der Waals surface area contributed by atoms with Gasteiger partial charge in [0.2, 0.25) is 0 Å². The van der Waals surface area contributed by atoms with Gasteiger partial charge in [0.25, 0.3) is 11.8 Å². The van der Waals surface area contributed by atoms with E-state index >= 15 is 0 Å². The van der Waals surface area contributed by atoms with Crippen LogP contribution < -0.4 is 0 Å². The van der Waals surface area contributed by atoms with E-state index in [1.165, 1.54) is 23.5 Å². The predicted octanol–water partition coefficient (Wildman–Crippen LogP) is 3.59. The van der Waals surface area contributed by atoms with Gasteiger partial charge in [-0.3, -0.25) is 4.79 Å². The molecule has 0 bridgehead atoms. The Morgan fingerprint density at radius 3 is 2.79 bits per heavy atom. The molecule has 4 nitrogen and oxygen atoms in total. The number of furan rings is 1. The molecule has 1 fully saturated rings. The summed E-state index contributed by atoms with van der Waals surface area (Å²) in [6.07, 6.45) is 2.37. The van der Waals surface area contributed by atoms with Gasteiger partial charge in [0.05, 0.1) is 31.0 Å². The second-order valence-electron chi connectivity index (χ2n) is 5.97. The second kappa shape index (κ2) is 7.13. The minimum absolute atomic E-state index is 0.0220. The number of amides is 1. The van der Waals surface area contributed by atoms with Crippen LogP contribution in [0.5, 0.6) is 0 Å². The van der Waals surface area contributed by atoms with Gasteiger partial charge in [0.1, 0.15) is 6.26 Å². The lowest BCUT2D eigenvalue weighted by Crippen LogP contribution is -2.50. The van der Waals surface area contributed by atoms with Crippen LogP contribution in [0, 0.1) is 5.92 Å². The molecule has 0 N–H and O–H groups in total. The molecule has 128 valence electrons. The minimum Gasteiger partial charge on any atom is -0.472 e. The van der Waals surface area contributed by atoms with Crippen LogP contribution in [-0.2, 0) is 11.3 Å². The first-order chi connectivity index (χ1) is 11.6. The molecule has 0 spiro atoms. The molecule has 1 amide bonds. The molecule has 1 atom stereocenters. The lowest BCUT2D eigenvalue weighted by atomic mass is 9.94. The Morgan fingerprint density at radius 2 is 2.08 bits per heavy atom. The molecule has 0 aliphatic carbocycles. The zero-order valence-electron chi connectivity index (χ0n) is 13.2. The maximum absolute atomic E-state index is 14.1. The monoisotopic (exact) mass is 335 g/mol. The maximum Gasteiger partial charge on any atom is 0.257 e. The van der Waals surface area contributed by atoms with Crippen molar-refractivity contribution in [3.05, 3.63) is 60.1 Å². The fraction of sp³-hybridized carbons (Fsp3) is 0.389. The van der Waals surface area contributed by atoms with E-state index < -0.39 is 11.8 Å². The van der Waals surface area contributed by atoms with Crippen molar-refractivity contribution in [2.45, 2.75) is 19.0 Å². The van der Waals surface area contributed by atoms with E-state index in [4.69, 9.17) is 9.15 Å². The largest absolute Gasteiger partial charge is 0.472 e. The first-order valence-electron chi connectivity index (χ1n) is 7.87. The van der Waals surface area contributed by atoms with Gasteiger partial charge in [-0.15, -0.1) is 0 Å². The second-order valence-corrected chi connectivity index (χ2v) is 5.97. The number of hydrogen-bond acceptors (Lipinski definition) is 3. The molecular weight excluding hydrogens is 316 g/mol. The highest BCUT2D eigenvalue weighted by Crippen LogP contribution is 2.34. The molecule has 1 aliphatic heterocycles. The van der Waals surface area contributed by atoms with Crippen LogP contribution in [0.2, 0.25) is 0 Å². The number of ether oxygens (including phenoxy) is 1. The number of carbonyl (C=O) groups is 1. The number of alkyl halides is 2. The Labute approximate surface area is 139 Å². The zero-order valence-corrected chi connectivity index (χ0v) is 13.2. The van der Waals surface area contributed by atoms with E-state index in [0.29, 0.717) is 5.56 Å². The van der Waals surface area contributed by atoms with Crippen LogP contribution in [-0.4, -0.2) is 36.4 Å². The number of piperidine rings is 1. The minimum atomic E-state index is -2.83. The van der Waals surface area contributed by atoms with Gasteiger partial charge in [0.15, 0.2) is 0 Å². The average Bonchev–Trinajstić information content (AvgIpc) is 3.11. The smallest absolute Gasteiger partial charge is 0.257 e. The molecule has 1 aromatic carbocycles. The first-order valence-corrected chi connectivity index (χ1v) is 7.87. The molecular formula is C18H19F2NO3. The van der Waals surface area contributed by atoms with Gasteiger partial charge in [-0.1, -0.05) is 30.3 Å². The summed E-state index contributed by atoms with van der Waals surface area (Å²) in [5, 5.41) is 0. The molecule has 3 rings (SSSR count). The van der Waals surface area contributed by atoms with Gasteiger partial charge >= 0.3 is 0 Å². The van der Waals surface area contributed by atoms with E-state index in [-0.39, 0.29) is 38.6 Å². The van der Waals surface area contributed by atoms with Crippen molar-refractivity contribution in [1.82, 2.24) is 4.90 Å². The van der Waals surface area contributed by atoms with Crippen molar-refractivity contribution in [2.75, 3.05) is 19.7 Å². The fourth-order valence-electron chi connectivity index (χ4n) is 2.80. The first kappa shape index (κ1) is 16.6. The third kappa shape index (κ3) is 3.82. The molecule has 2 heterocycles. The van der Waals surface area contributed by atoms with E-state index in [2.05, 4.69) is 0 Å². The van der Waals surface area contributed by atoms with Crippen molar-refractivity contribution in [3.8, 4) is 0 Å². The molecule has 0 radical (unpaired) electrons. The summed E-state index contributed by atoms with van der Waals surface area (Å²) in [5.74, 6) is -4.12. The number of likely N-dealkylation sites (tertiary alicyclic amines) is 1. The summed E-state index contributed by atoms with van der Waals surface area (Å²) < 4.78 is 38.6. The van der Waals surface area contributed by atoms with Crippen LogP contribution in [0.3, 0.4) is 0 Å². The molecule has 6 heteroatoms. The summed E-state index contributed by atoms with van der Waals surface area (Å²) in [6.45, 7) is 0.207. The molecule has 1 saturated heterocycles. The summed E-state index contributed by atoms with van der Waals surface area (Å²) in [4.78, 5) is 13.7. The highest BCUT2D eigenvalue weighted by atomic mass is 19.3. The van der Waals surface area contributed by atoms with Gasteiger partial charge in [0, 0.05) is 19.5 Å². The Bertz CT molecular complexity index is 658. The Morgan fingerprint density at radius 1 is 1.29 bits per heavy atom. The van der Waals surface area contributed by atoms with E-state index in [0.717, 1.165) is 5.56 Å². The van der Waals surface area contributed by atoms with E-state index in [1.807, 2.05) is 30.3 Å². The standard InChI is InChI=1S/C18H19F2NO3/c19-18(20)7-8-21(17(22)15-6-9-23-12-15)10-16(18)13-24-11-14-4-2-1-3-5-14/h1-6,9,12,16H,7-8,10-11,13H2. The summed E-state index contributed by atoms with van der Waals surface area (Å²) >= 11 is 0. The summed E-state index contributed by atoms with van der Waals surface area (Å²) in [5.41, 5.74) is 1.31.